The highest BCUT2D eigenvalue weighted by Crippen LogP contribution is 2.27. The average Bonchev–Trinajstić information content (AvgIpc) is 2.56. The third-order valence-corrected chi connectivity index (χ3v) is 2.95. The summed E-state index contributed by atoms with van der Waals surface area (Å²) in [6, 6.07) is 1.17. The molecule has 0 radical (unpaired) electrons. The van der Waals surface area contributed by atoms with Gasteiger partial charge in [-0.2, -0.15) is 0 Å². The van der Waals surface area contributed by atoms with Gasteiger partial charge < -0.3 is 10.4 Å². The first kappa shape index (κ1) is 13.5. The smallest absolute Gasteiger partial charge is 0.338 e. The summed E-state index contributed by atoms with van der Waals surface area (Å²) < 4.78 is 0. The summed E-state index contributed by atoms with van der Waals surface area (Å²) in [5.74, 6) is -0.682. The van der Waals surface area contributed by atoms with Crippen molar-refractivity contribution in [3.63, 3.8) is 0 Å². The normalized spacial score (nSPS) is 10.4. The molecule has 0 bridgehead atoms. The van der Waals surface area contributed by atoms with Crippen LogP contribution in [-0.4, -0.2) is 23.7 Å². The Labute approximate surface area is 104 Å². The molecule has 0 spiro atoms. The van der Waals surface area contributed by atoms with Crippen molar-refractivity contribution in [3.05, 3.63) is 16.5 Å². The van der Waals surface area contributed by atoms with E-state index in [9.17, 15) is 9.59 Å². The summed E-state index contributed by atoms with van der Waals surface area (Å²) in [6.45, 7) is 6.32. The second-order valence-electron chi connectivity index (χ2n) is 4.13. The molecule has 0 aromatic carbocycles. The monoisotopic (exact) mass is 256 g/mol. The summed E-state index contributed by atoms with van der Waals surface area (Å²) in [4.78, 5) is 23.3. The first-order valence-corrected chi connectivity index (χ1v) is 6.10. The van der Waals surface area contributed by atoms with Gasteiger partial charge in [0.25, 0.3) is 0 Å². The van der Waals surface area contributed by atoms with Crippen molar-refractivity contribution in [2.75, 3.05) is 11.9 Å². The summed E-state index contributed by atoms with van der Waals surface area (Å²) >= 11 is 1.25. The fraction of sp³-hybridized carbons (Fsp3) is 0.455. The number of carboxylic acids is 1. The molecule has 0 saturated heterocycles. The minimum atomic E-state index is -1.03. The number of urea groups is 1. The van der Waals surface area contributed by atoms with E-state index in [4.69, 9.17) is 5.11 Å². The van der Waals surface area contributed by atoms with Gasteiger partial charge in [0.05, 0.1) is 5.56 Å². The van der Waals surface area contributed by atoms with Crippen molar-refractivity contribution in [3.8, 4) is 0 Å². The molecule has 1 heterocycles. The predicted octanol–water partition coefficient (Wildman–Crippen LogP) is 2.53. The SMILES string of the molecule is Cc1cc(C(=O)O)c(NC(=O)NCC(C)C)s1. The third-order valence-electron chi connectivity index (χ3n) is 1.98. The summed E-state index contributed by atoms with van der Waals surface area (Å²) in [6.07, 6.45) is 0. The van der Waals surface area contributed by atoms with Crippen LogP contribution in [0.25, 0.3) is 0 Å². The van der Waals surface area contributed by atoms with Gasteiger partial charge in [-0.15, -0.1) is 11.3 Å². The standard InChI is InChI=1S/C11H16N2O3S/c1-6(2)5-12-11(16)13-9-8(10(14)15)4-7(3)17-9/h4,6H,5H2,1-3H3,(H,14,15)(H2,12,13,16). The van der Waals surface area contributed by atoms with Crippen molar-refractivity contribution >= 4 is 28.3 Å². The van der Waals surface area contributed by atoms with E-state index in [0.29, 0.717) is 17.5 Å². The van der Waals surface area contributed by atoms with Gasteiger partial charge in [0.15, 0.2) is 0 Å². The zero-order chi connectivity index (χ0) is 13.0. The predicted molar refractivity (Wildman–Crippen MR) is 67.9 cm³/mol. The maximum Gasteiger partial charge on any atom is 0.338 e. The fourth-order valence-corrected chi connectivity index (χ4v) is 2.11. The van der Waals surface area contributed by atoms with Crippen LogP contribution in [0.5, 0.6) is 0 Å². The van der Waals surface area contributed by atoms with Crippen molar-refractivity contribution < 1.29 is 14.7 Å². The van der Waals surface area contributed by atoms with Crippen molar-refractivity contribution in [2.45, 2.75) is 20.8 Å². The Morgan fingerprint density at radius 1 is 1.47 bits per heavy atom. The molecule has 94 valence electrons. The lowest BCUT2D eigenvalue weighted by molar-refractivity contribution is 0.0698. The van der Waals surface area contributed by atoms with E-state index >= 15 is 0 Å². The molecule has 6 heteroatoms. The molecule has 2 amide bonds. The number of rotatable bonds is 4. The van der Waals surface area contributed by atoms with Crippen LogP contribution in [0.15, 0.2) is 6.07 Å². The highest BCUT2D eigenvalue weighted by Gasteiger charge is 2.15. The number of anilines is 1. The Balaban J connectivity index is 2.68. The van der Waals surface area contributed by atoms with E-state index in [1.807, 2.05) is 13.8 Å². The quantitative estimate of drug-likeness (QED) is 0.774. The lowest BCUT2D eigenvalue weighted by Crippen LogP contribution is -2.31. The van der Waals surface area contributed by atoms with E-state index < -0.39 is 5.97 Å². The minimum Gasteiger partial charge on any atom is -0.478 e. The maximum absolute atomic E-state index is 11.5. The van der Waals surface area contributed by atoms with Crippen LogP contribution in [0.3, 0.4) is 0 Å². The number of hydrogen-bond donors (Lipinski definition) is 3. The second-order valence-corrected chi connectivity index (χ2v) is 5.39. The number of thiophene rings is 1. The van der Waals surface area contributed by atoms with Gasteiger partial charge in [0.2, 0.25) is 0 Å². The molecule has 0 aliphatic rings. The van der Waals surface area contributed by atoms with E-state index in [-0.39, 0.29) is 11.6 Å². The van der Waals surface area contributed by atoms with Crippen molar-refractivity contribution in [2.24, 2.45) is 5.92 Å². The lowest BCUT2D eigenvalue weighted by Gasteiger charge is -2.08. The minimum absolute atomic E-state index is 0.132. The summed E-state index contributed by atoms with van der Waals surface area (Å²) in [5, 5.41) is 14.5. The Bertz CT molecular complexity index is 426. The lowest BCUT2D eigenvalue weighted by atomic mass is 10.2. The van der Waals surface area contributed by atoms with Gasteiger partial charge in [0, 0.05) is 11.4 Å². The molecule has 0 saturated carbocycles. The number of aromatic carboxylic acids is 1. The van der Waals surface area contributed by atoms with Gasteiger partial charge >= 0.3 is 12.0 Å². The second kappa shape index (κ2) is 5.67. The van der Waals surface area contributed by atoms with Gasteiger partial charge in [-0.25, -0.2) is 9.59 Å². The zero-order valence-corrected chi connectivity index (χ0v) is 10.9. The van der Waals surface area contributed by atoms with Gasteiger partial charge in [0.1, 0.15) is 5.00 Å². The molecule has 1 aromatic heterocycles. The average molecular weight is 256 g/mol. The maximum atomic E-state index is 11.5. The summed E-state index contributed by atoms with van der Waals surface area (Å²) in [7, 11) is 0. The van der Waals surface area contributed by atoms with Crippen LogP contribution in [0.2, 0.25) is 0 Å². The largest absolute Gasteiger partial charge is 0.478 e. The molecule has 0 aliphatic heterocycles. The number of hydrogen-bond acceptors (Lipinski definition) is 3. The van der Waals surface area contributed by atoms with Gasteiger partial charge in [-0.05, 0) is 18.9 Å². The molecule has 17 heavy (non-hydrogen) atoms. The molecule has 3 N–H and O–H groups in total. The van der Waals surface area contributed by atoms with Crippen LogP contribution < -0.4 is 10.6 Å². The van der Waals surface area contributed by atoms with Crippen LogP contribution in [0.4, 0.5) is 9.80 Å². The Kier molecular flexibility index (Phi) is 4.51. The zero-order valence-electron chi connectivity index (χ0n) is 10.0. The Morgan fingerprint density at radius 2 is 2.12 bits per heavy atom. The van der Waals surface area contributed by atoms with Gasteiger partial charge in [-0.3, -0.25) is 5.32 Å². The number of carbonyl (C=O) groups excluding carboxylic acids is 1. The molecule has 1 rings (SSSR count). The Morgan fingerprint density at radius 3 is 2.65 bits per heavy atom. The van der Waals surface area contributed by atoms with Gasteiger partial charge in [-0.1, -0.05) is 13.8 Å². The molecular formula is C11H16N2O3S. The number of carboxylic acid groups (broad SMARTS) is 1. The van der Waals surface area contributed by atoms with E-state index in [0.717, 1.165) is 4.88 Å². The molecule has 0 atom stereocenters. The number of nitrogens with one attached hydrogen (secondary N) is 2. The molecule has 1 aromatic rings. The number of carbonyl (C=O) groups is 2. The van der Waals surface area contributed by atoms with Crippen LogP contribution >= 0.6 is 11.3 Å². The number of aryl methyl sites for hydroxylation is 1. The Hall–Kier alpha value is -1.56. The first-order chi connectivity index (χ1) is 7.90. The first-order valence-electron chi connectivity index (χ1n) is 5.28. The van der Waals surface area contributed by atoms with Crippen LogP contribution in [0.1, 0.15) is 29.1 Å². The van der Waals surface area contributed by atoms with Crippen molar-refractivity contribution in [1.29, 1.82) is 0 Å². The van der Waals surface area contributed by atoms with Crippen LogP contribution in [-0.2, 0) is 0 Å². The molecular weight excluding hydrogens is 240 g/mol. The molecule has 0 unspecified atom stereocenters. The van der Waals surface area contributed by atoms with Crippen molar-refractivity contribution in [1.82, 2.24) is 5.32 Å². The fourth-order valence-electron chi connectivity index (χ4n) is 1.21. The third kappa shape index (κ3) is 4.07. The van der Waals surface area contributed by atoms with E-state index in [1.54, 1.807) is 13.0 Å². The molecule has 0 fully saturated rings. The highest BCUT2D eigenvalue weighted by molar-refractivity contribution is 7.16. The topological polar surface area (TPSA) is 78.4 Å². The highest BCUT2D eigenvalue weighted by atomic mass is 32.1. The van der Waals surface area contributed by atoms with Crippen LogP contribution in [0, 0.1) is 12.8 Å². The van der Waals surface area contributed by atoms with E-state index in [2.05, 4.69) is 10.6 Å². The van der Waals surface area contributed by atoms with E-state index in [1.165, 1.54) is 11.3 Å². The number of amides is 2. The summed E-state index contributed by atoms with van der Waals surface area (Å²) in [5.41, 5.74) is 0.132. The molecule has 0 aliphatic carbocycles. The molecule has 5 nitrogen and oxygen atoms in total.